The normalized spacial score (nSPS) is 13.8. The minimum absolute atomic E-state index is 0.201. The number of hydrogen-bond acceptors (Lipinski definition) is 4. The first kappa shape index (κ1) is 18.2. The molecule has 1 saturated heterocycles. The third-order valence-corrected chi connectivity index (χ3v) is 5.46. The van der Waals surface area contributed by atoms with E-state index in [-0.39, 0.29) is 11.7 Å². The number of anilines is 1. The van der Waals surface area contributed by atoms with Crippen LogP contribution in [0.1, 0.15) is 5.56 Å². The molecule has 0 atom stereocenters. The Morgan fingerprint density at radius 1 is 1.00 bits per heavy atom. The first-order chi connectivity index (χ1) is 13.7. The van der Waals surface area contributed by atoms with Gasteiger partial charge in [0.25, 0.3) is 5.91 Å². The van der Waals surface area contributed by atoms with Crippen LogP contribution in [0.3, 0.4) is 0 Å². The molecule has 1 amide bonds. The molecule has 6 heteroatoms. The number of amides is 1. The summed E-state index contributed by atoms with van der Waals surface area (Å²) in [7, 11) is 0. The van der Waals surface area contributed by atoms with E-state index in [1.165, 1.54) is 12.1 Å². The lowest BCUT2D eigenvalue weighted by molar-refractivity contribution is -0.125. The zero-order valence-corrected chi connectivity index (χ0v) is 16.0. The number of carbonyl (C=O) groups is 1. The molecule has 0 aliphatic carbocycles. The van der Waals surface area contributed by atoms with Gasteiger partial charge in [0.2, 0.25) is 0 Å². The maximum atomic E-state index is 12.9. The Bertz CT molecular complexity index is 1010. The van der Waals surface area contributed by atoms with E-state index in [2.05, 4.69) is 34.3 Å². The van der Waals surface area contributed by atoms with Crippen LogP contribution in [0, 0.1) is 17.7 Å². The molecule has 1 aliphatic rings. The molecule has 0 unspecified atom stereocenters. The number of piperazine rings is 1. The highest BCUT2D eigenvalue weighted by atomic mass is 32.1. The van der Waals surface area contributed by atoms with E-state index in [4.69, 9.17) is 4.98 Å². The van der Waals surface area contributed by atoms with Crippen molar-refractivity contribution in [1.29, 1.82) is 0 Å². The molecule has 140 valence electrons. The number of nitrogens with zero attached hydrogens (tertiary/aromatic N) is 3. The molecular formula is C22H18FN3OS. The van der Waals surface area contributed by atoms with Gasteiger partial charge in [-0.2, -0.15) is 0 Å². The summed E-state index contributed by atoms with van der Waals surface area (Å²) in [5.74, 6) is 4.94. The molecule has 1 fully saturated rings. The number of carbonyl (C=O) groups excluding carboxylic acids is 1. The van der Waals surface area contributed by atoms with Crippen molar-refractivity contribution in [3.8, 4) is 23.1 Å². The van der Waals surface area contributed by atoms with Crippen LogP contribution in [0.15, 0.2) is 60.0 Å². The average Bonchev–Trinajstić information content (AvgIpc) is 3.24. The van der Waals surface area contributed by atoms with E-state index in [9.17, 15) is 9.18 Å². The maximum Gasteiger partial charge on any atom is 0.298 e. The molecule has 2 heterocycles. The molecule has 0 N–H and O–H groups in total. The lowest BCUT2D eigenvalue weighted by Crippen LogP contribution is -2.48. The van der Waals surface area contributed by atoms with Crippen molar-refractivity contribution >= 4 is 22.4 Å². The highest BCUT2D eigenvalue weighted by molar-refractivity contribution is 7.14. The van der Waals surface area contributed by atoms with Crippen molar-refractivity contribution < 1.29 is 9.18 Å². The molecule has 4 rings (SSSR count). The lowest BCUT2D eigenvalue weighted by Gasteiger charge is -2.33. The van der Waals surface area contributed by atoms with E-state index < -0.39 is 0 Å². The Labute approximate surface area is 167 Å². The first-order valence-corrected chi connectivity index (χ1v) is 9.89. The molecule has 0 radical (unpaired) electrons. The fourth-order valence-corrected chi connectivity index (χ4v) is 3.88. The molecule has 1 aliphatic heterocycles. The van der Waals surface area contributed by atoms with Crippen LogP contribution in [0.2, 0.25) is 0 Å². The van der Waals surface area contributed by atoms with E-state index >= 15 is 0 Å². The Morgan fingerprint density at radius 3 is 2.43 bits per heavy atom. The van der Waals surface area contributed by atoms with Gasteiger partial charge in [0, 0.05) is 48.6 Å². The quantitative estimate of drug-likeness (QED) is 0.626. The van der Waals surface area contributed by atoms with Gasteiger partial charge in [0.05, 0.1) is 5.69 Å². The van der Waals surface area contributed by atoms with Crippen molar-refractivity contribution in [1.82, 2.24) is 9.88 Å². The minimum atomic E-state index is -0.314. The predicted molar refractivity (Wildman–Crippen MR) is 110 cm³/mol. The average molecular weight is 391 g/mol. The van der Waals surface area contributed by atoms with Crippen molar-refractivity contribution in [3.63, 3.8) is 0 Å². The molecule has 2 aromatic carbocycles. The largest absolute Gasteiger partial charge is 0.345 e. The molecule has 3 aromatic rings. The smallest absolute Gasteiger partial charge is 0.298 e. The molecule has 28 heavy (non-hydrogen) atoms. The maximum absolute atomic E-state index is 12.9. The van der Waals surface area contributed by atoms with Crippen LogP contribution in [-0.4, -0.2) is 42.0 Å². The van der Waals surface area contributed by atoms with Gasteiger partial charge in [-0.3, -0.25) is 4.79 Å². The number of halogens is 1. The number of benzene rings is 2. The summed E-state index contributed by atoms with van der Waals surface area (Å²) in [4.78, 5) is 21.0. The second-order valence-corrected chi connectivity index (χ2v) is 7.25. The minimum Gasteiger partial charge on any atom is -0.345 e. The number of hydrogen-bond donors (Lipinski definition) is 0. The van der Waals surface area contributed by atoms with Crippen molar-refractivity contribution in [2.45, 2.75) is 0 Å². The third kappa shape index (κ3) is 4.21. The Morgan fingerprint density at radius 2 is 1.71 bits per heavy atom. The second kappa shape index (κ2) is 8.24. The van der Waals surface area contributed by atoms with Crippen LogP contribution < -0.4 is 4.90 Å². The van der Waals surface area contributed by atoms with Gasteiger partial charge in [-0.1, -0.05) is 36.3 Å². The molecule has 0 bridgehead atoms. The highest BCUT2D eigenvalue weighted by Gasteiger charge is 2.22. The van der Waals surface area contributed by atoms with Crippen LogP contribution in [-0.2, 0) is 4.79 Å². The lowest BCUT2D eigenvalue weighted by atomic mass is 10.2. The third-order valence-electron chi connectivity index (χ3n) is 4.56. The van der Waals surface area contributed by atoms with Gasteiger partial charge in [-0.05, 0) is 24.3 Å². The van der Waals surface area contributed by atoms with Gasteiger partial charge in [0.15, 0.2) is 5.13 Å². The zero-order valence-electron chi connectivity index (χ0n) is 15.1. The molecule has 0 saturated carbocycles. The van der Waals surface area contributed by atoms with E-state index in [0.29, 0.717) is 18.7 Å². The predicted octanol–water partition coefficient (Wildman–Crippen LogP) is 3.65. The van der Waals surface area contributed by atoms with Crippen molar-refractivity contribution in [3.05, 3.63) is 71.4 Å². The van der Waals surface area contributed by atoms with Crippen LogP contribution in [0.25, 0.3) is 11.3 Å². The van der Waals surface area contributed by atoms with Crippen molar-refractivity contribution in [2.75, 3.05) is 31.1 Å². The monoisotopic (exact) mass is 391 g/mol. The van der Waals surface area contributed by atoms with E-state index in [0.717, 1.165) is 29.5 Å². The Kier molecular flexibility index (Phi) is 5.36. The Balaban J connectivity index is 1.35. The zero-order chi connectivity index (χ0) is 19.3. The van der Waals surface area contributed by atoms with Gasteiger partial charge >= 0.3 is 0 Å². The number of rotatable bonds is 2. The van der Waals surface area contributed by atoms with Crippen LogP contribution in [0.4, 0.5) is 9.52 Å². The van der Waals surface area contributed by atoms with E-state index in [1.807, 2.05) is 18.2 Å². The van der Waals surface area contributed by atoms with Crippen LogP contribution in [0.5, 0.6) is 0 Å². The van der Waals surface area contributed by atoms with Gasteiger partial charge in [-0.25, -0.2) is 9.37 Å². The van der Waals surface area contributed by atoms with Gasteiger partial charge < -0.3 is 9.80 Å². The summed E-state index contributed by atoms with van der Waals surface area (Å²) in [6.45, 7) is 2.67. The summed E-state index contributed by atoms with van der Waals surface area (Å²) in [5.41, 5.74) is 2.71. The first-order valence-electron chi connectivity index (χ1n) is 9.01. The fraction of sp³-hybridized carbons (Fsp3) is 0.182. The number of thiazole rings is 1. The summed E-state index contributed by atoms with van der Waals surface area (Å²) in [6, 6.07) is 15.9. The molecular weight excluding hydrogens is 373 g/mol. The van der Waals surface area contributed by atoms with Crippen molar-refractivity contribution in [2.24, 2.45) is 0 Å². The van der Waals surface area contributed by atoms with Gasteiger partial charge in [0.1, 0.15) is 5.82 Å². The second-order valence-electron chi connectivity index (χ2n) is 6.42. The Hall–Kier alpha value is -3.17. The van der Waals surface area contributed by atoms with Gasteiger partial charge in [-0.15, -0.1) is 11.3 Å². The fourth-order valence-electron chi connectivity index (χ4n) is 2.99. The van der Waals surface area contributed by atoms with Crippen LogP contribution >= 0.6 is 11.3 Å². The summed E-state index contributed by atoms with van der Waals surface area (Å²) >= 11 is 1.62. The number of aromatic nitrogens is 1. The standard InChI is InChI=1S/C22H18FN3OS/c23-19-9-6-17(7-10-19)8-11-21(27)25-12-14-26(15-13-25)22-24-20(16-28-22)18-4-2-1-3-5-18/h1-7,9-10,16H,12-15H2. The summed E-state index contributed by atoms with van der Waals surface area (Å²) in [6.07, 6.45) is 0. The van der Waals surface area contributed by atoms with E-state index in [1.54, 1.807) is 28.4 Å². The summed E-state index contributed by atoms with van der Waals surface area (Å²) < 4.78 is 12.9. The SMILES string of the molecule is O=C(C#Cc1ccc(F)cc1)N1CCN(c2nc(-c3ccccc3)cs2)CC1. The molecule has 1 aromatic heterocycles. The highest BCUT2D eigenvalue weighted by Crippen LogP contribution is 2.27. The molecule has 4 nitrogen and oxygen atoms in total. The topological polar surface area (TPSA) is 36.4 Å². The molecule has 0 spiro atoms. The summed E-state index contributed by atoms with van der Waals surface area (Å²) in [5, 5.41) is 3.04.